The van der Waals surface area contributed by atoms with Crippen molar-refractivity contribution in [2.24, 2.45) is 0 Å². The molecule has 128 valence electrons. The van der Waals surface area contributed by atoms with Crippen molar-refractivity contribution >= 4 is 10.0 Å². The van der Waals surface area contributed by atoms with Gasteiger partial charge in [0.25, 0.3) is 0 Å². The van der Waals surface area contributed by atoms with E-state index in [0.717, 1.165) is 44.7 Å². The molecule has 1 aromatic rings. The fourth-order valence-corrected chi connectivity index (χ4v) is 4.42. The number of likely N-dealkylation sites (tertiary alicyclic amines) is 1. The fourth-order valence-electron chi connectivity index (χ4n) is 3.55. The van der Waals surface area contributed by atoms with Gasteiger partial charge in [-0.05, 0) is 31.4 Å². The molecule has 1 N–H and O–H groups in total. The number of hydrogen-bond acceptors (Lipinski definition) is 5. The molecule has 2 aliphatic heterocycles. The number of hydrogen-bond donors (Lipinski definition) is 1. The summed E-state index contributed by atoms with van der Waals surface area (Å²) in [5.74, 6) is 0.258. The molecule has 0 saturated carbocycles. The van der Waals surface area contributed by atoms with E-state index in [0.29, 0.717) is 6.04 Å². The molecule has 0 spiro atoms. The van der Waals surface area contributed by atoms with E-state index < -0.39 is 10.0 Å². The summed E-state index contributed by atoms with van der Waals surface area (Å²) in [6, 6.07) is 4.35. The van der Waals surface area contributed by atoms with Gasteiger partial charge in [-0.1, -0.05) is 6.07 Å². The highest BCUT2D eigenvalue weighted by atomic mass is 32.2. The van der Waals surface area contributed by atoms with Gasteiger partial charge in [0, 0.05) is 56.7 Å². The zero-order valence-corrected chi connectivity index (χ0v) is 14.3. The lowest BCUT2D eigenvalue weighted by molar-refractivity contribution is 0.0415. The predicted octanol–water partition coefficient (Wildman–Crippen LogP) is 0.968. The summed E-state index contributed by atoms with van der Waals surface area (Å²) in [5.41, 5.74) is 1.10. The minimum Gasteiger partial charge on any atom is -0.381 e. The summed E-state index contributed by atoms with van der Waals surface area (Å²) in [5, 5.41) is 0. The topological polar surface area (TPSA) is 71.5 Å². The quantitative estimate of drug-likeness (QED) is 0.865. The Kier molecular flexibility index (Phi) is 5.31. The highest BCUT2D eigenvalue weighted by molar-refractivity contribution is 7.89. The second-order valence-corrected chi connectivity index (χ2v) is 8.36. The van der Waals surface area contributed by atoms with E-state index in [9.17, 15) is 8.42 Å². The average molecular weight is 339 g/mol. The van der Waals surface area contributed by atoms with E-state index in [-0.39, 0.29) is 17.7 Å². The third-order valence-corrected chi connectivity index (χ3v) is 6.30. The highest BCUT2D eigenvalue weighted by Gasteiger charge is 2.39. The second kappa shape index (κ2) is 7.25. The van der Waals surface area contributed by atoms with Gasteiger partial charge in [0.05, 0.1) is 5.75 Å². The summed E-state index contributed by atoms with van der Waals surface area (Å²) in [6.07, 6.45) is 5.64. The normalized spacial score (nSPS) is 27.3. The van der Waals surface area contributed by atoms with Crippen LogP contribution in [0.25, 0.3) is 0 Å². The maximum Gasteiger partial charge on any atom is 0.211 e. The lowest BCUT2D eigenvalue weighted by atomic mass is 9.96. The Morgan fingerprint density at radius 2 is 2.13 bits per heavy atom. The number of sulfonamides is 1. The van der Waals surface area contributed by atoms with Gasteiger partial charge in [0.1, 0.15) is 0 Å². The van der Waals surface area contributed by atoms with Gasteiger partial charge in [-0.2, -0.15) is 0 Å². The molecule has 3 rings (SSSR count). The number of nitrogens with zero attached hydrogens (tertiary/aromatic N) is 2. The summed E-state index contributed by atoms with van der Waals surface area (Å²) in [7, 11) is -3.22. The van der Waals surface area contributed by atoms with Crippen molar-refractivity contribution in [1.82, 2.24) is 14.6 Å². The zero-order valence-electron chi connectivity index (χ0n) is 13.5. The van der Waals surface area contributed by atoms with Crippen molar-refractivity contribution in [3.8, 4) is 0 Å². The van der Waals surface area contributed by atoms with Gasteiger partial charge < -0.3 is 4.74 Å². The number of nitrogens with one attached hydrogen (secondary N) is 1. The van der Waals surface area contributed by atoms with Gasteiger partial charge >= 0.3 is 0 Å². The summed E-state index contributed by atoms with van der Waals surface area (Å²) < 4.78 is 32.4. The number of rotatable bonds is 5. The van der Waals surface area contributed by atoms with Gasteiger partial charge in [0.2, 0.25) is 10.0 Å². The van der Waals surface area contributed by atoms with Crippen LogP contribution >= 0.6 is 0 Å². The third kappa shape index (κ3) is 4.09. The molecule has 23 heavy (non-hydrogen) atoms. The van der Waals surface area contributed by atoms with E-state index in [1.165, 1.54) is 0 Å². The summed E-state index contributed by atoms with van der Waals surface area (Å²) in [4.78, 5) is 6.62. The Labute approximate surface area is 138 Å². The van der Waals surface area contributed by atoms with Crippen LogP contribution in [0.2, 0.25) is 0 Å². The van der Waals surface area contributed by atoms with E-state index in [1.54, 1.807) is 13.1 Å². The maximum absolute atomic E-state index is 12.0. The Bertz CT molecular complexity index is 602. The lowest BCUT2D eigenvalue weighted by Gasteiger charge is -2.31. The molecule has 6 nitrogen and oxygen atoms in total. The van der Waals surface area contributed by atoms with Gasteiger partial charge in [-0.15, -0.1) is 0 Å². The fraction of sp³-hybridized carbons (Fsp3) is 0.688. The minimum atomic E-state index is -3.22. The van der Waals surface area contributed by atoms with Crippen LogP contribution in [0, 0.1) is 0 Å². The predicted molar refractivity (Wildman–Crippen MR) is 88.8 cm³/mol. The van der Waals surface area contributed by atoms with E-state index in [4.69, 9.17) is 4.74 Å². The first kappa shape index (κ1) is 16.8. The average Bonchev–Trinajstić information content (AvgIpc) is 2.99. The lowest BCUT2D eigenvalue weighted by Crippen LogP contribution is -2.42. The molecular weight excluding hydrogens is 314 g/mol. The largest absolute Gasteiger partial charge is 0.381 e. The van der Waals surface area contributed by atoms with Crippen molar-refractivity contribution in [1.29, 1.82) is 0 Å². The van der Waals surface area contributed by atoms with Gasteiger partial charge in [0.15, 0.2) is 0 Å². The molecule has 2 atom stereocenters. The SMILES string of the molecule is CCS(=O)(=O)N[C@@H]1CN(C2CCOCC2)C[C@H]1c1cccnc1. The molecule has 2 saturated heterocycles. The van der Waals surface area contributed by atoms with Gasteiger partial charge in [-0.3, -0.25) is 9.88 Å². The van der Waals surface area contributed by atoms with Crippen molar-refractivity contribution < 1.29 is 13.2 Å². The minimum absolute atomic E-state index is 0.0907. The first-order valence-electron chi connectivity index (χ1n) is 8.31. The van der Waals surface area contributed by atoms with E-state index in [1.807, 2.05) is 18.3 Å². The second-order valence-electron chi connectivity index (χ2n) is 6.32. The van der Waals surface area contributed by atoms with Crippen molar-refractivity contribution in [3.05, 3.63) is 30.1 Å². The number of ether oxygens (including phenoxy) is 1. The Morgan fingerprint density at radius 3 is 2.78 bits per heavy atom. The molecule has 2 aliphatic rings. The molecule has 0 amide bonds. The number of pyridine rings is 1. The zero-order chi connectivity index (χ0) is 16.3. The summed E-state index contributed by atoms with van der Waals surface area (Å²) in [6.45, 7) is 4.89. The molecule has 3 heterocycles. The molecule has 0 aromatic carbocycles. The number of aromatic nitrogens is 1. The molecule has 0 bridgehead atoms. The molecular formula is C16H25N3O3S. The van der Waals surface area contributed by atoms with Crippen LogP contribution in [0.15, 0.2) is 24.5 Å². The van der Waals surface area contributed by atoms with Crippen LogP contribution in [-0.2, 0) is 14.8 Å². The molecule has 1 aromatic heterocycles. The standard InChI is InChI=1S/C16H25N3O3S/c1-2-23(20,21)18-16-12-19(14-5-8-22-9-6-14)11-15(16)13-4-3-7-17-10-13/h3-4,7,10,14-16,18H,2,5-6,8-9,11-12H2,1H3/t15-,16+/m0/s1. The summed E-state index contributed by atoms with van der Waals surface area (Å²) >= 11 is 0. The van der Waals surface area contributed by atoms with Crippen molar-refractivity contribution in [2.75, 3.05) is 32.1 Å². The van der Waals surface area contributed by atoms with Crippen LogP contribution < -0.4 is 4.72 Å². The van der Waals surface area contributed by atoms with Gasteiger partial charge in [-0.25, -0.2) is 13.1 Å². The molecule has 0 unspecified atom stereocenters. The monoisotopic (exact) mass is 339 g/mol. The van der Waals surface area contributed by atoms with Crippen LogP contribution in [0.4, 0.5) is 0 Å². The Balaban J connectivity index is 1.78. The van der Waals surface area contributed by atoms with E-state index in [2.05, 4.69) is 14.6 Å². The molecule has 0 radical (unpaired) electrons. The van der Waals surface area contributed by atoms with E-state index >= 15 is 0 Å². The Hall–Kier alpha value is -1.02. The Morgan fingerprint density at radius 1 is 1.35 bits per heavy atom. The van der Waals surface area contributed by atoms with Crippen LogP contribution in [0.1, 0.15) is 31.2 Å². The first-order chi connectivity index (χ1) is 11.1. The molecule has 7 heteroatoms. The molecule has 0 aliphatic carbocycles. The smallest absolute Gasteiger partial charge is 0.211 e. The van der Waals surface area contributed by atoms with Crippen LogP contribution in [0.3, 0.4) is 0 Å². The third-order valence-electron chi connectivity index (χ3n) is 4.88. The highest BCUT2D eigenvalue weighted by Crippen LogP contribution is 2.31. The van der Waals surface area contributed by atoms with Crippen LogP contribution in [-0.4, -0.2) is 62.4 Å². The van der Waals surface area contributed by atoms with Crippen molar-refractivity contribution in [3.63, 3.8) is 0 Å². The first-order valence-corrected chi connectivity index (χ1v) is 9.96. The maximum atomic E-state index is 12.0. The van der Waals surface area contributed by atoms with Crippen molar-refractivity contribution in [2.45, 2.75) is 37.8 Å². The molecule has 2 fully saturated rings. The van der Waals surface area contributed by atoms with Crippen LogP contribution in [0.5, 0.6) is 0 Å².